The molecule has 0 aromatic heterocycles. The molecule has 220 valence electrons. The first kappa shape index (κ1) is 34.5. The highest BCUT2D eigenvalue weighted by Gasteiger charge is 2.38. The first-order chi connectivity index (χ1) is 18.2. The van der Waals surface area contributed by atoms with Gasteiger partial charge in [0.1, 0.15) is 23.3 Å². The van der Waals surface area contributed by atoms with Crippen LogP contribution in [0.4, 0.5) is 8.78 Å². The number of halogens is 2. The van der Waals surface area contributed by atoms with Gasteiger partial charge in [-0.3, -0.25) is 30.0 Å². The lowest BCUT2D eigenvalue weighted by Crippen LogP contribution is -2.52. The number of benzene rings is 1. The number of rotatable bonds is 18. The summed E-state index contributed by atoms with van der Waals surface area (Å²) >= 11 is 0. The van der Waals surface area contributed by atoms with Gasteiger partial charge in [0.2, 0.25) is 5.78 Å². The van der Waals surface area contributed by atoms with Crippen LogP contribution in [-0.2, 0) is 35.2 Å². The molecule has 10 heteroatoms. The van der Waals surface area contributed by atoms with Crippen LogP contribution in [0, 0.1) is 35.3 Å². The van der Waals surface area contributed by atoms with E-state index in [4.69, 9.17) is 9.47 Å². The van der Waals surface area contributed by atoms with Crippen LogP contribution in [0.15, 0.2) is 18.2 Å². The summed E-state index contributed by atoms with van der Waals surface area (Å²) in [5.74, 6) is -5.88. The van der Waals surface area contributed by atoms with E-state index in [1.807, 2.05) is 20.8 Å². The van der Waals surface area contributed by atoms with E-state index in [9.17, 15) is 28.0 Å². The Morgan fingerprint density at radius 1 is 1.03 bits per heavy atom. The van der Waals surface area contributed by atoms with E-state index in [-0.39, 0.29) is 30.4 Å². The van der Waals surface area contributed by atoms with E-state index < -0.39 is 58.6 Å². The molecular weight excluding hydrogens is 510 g/mol. The number of hydrazine groups is 1. The Labute approximate surface area is 230 Å². The molecule has 2 N–H and O–H groups in total. The van der Waals surface area contributed by atoms with Crippen molar-refractivity contribution in [2.24, 2.45) is 23.7 Å². The number of esters is 1. The smallest absolute Gasteiger partial charge is 0.316 e. The number of carbonyl (C=O) groups excluding carboxylic acids is 4. The van der Waals surface area contributed by atoms with Gasteiger partial charge in [-0.05, 0) is 51.2 Å². The summed E-state index contributed by atoms with van der Waals surface area (Å²) in [4.78, 5) is 49.6. The van der Waals surface area contributed by atoms with Crippen LogP contribution in [0.1, 0.15) is 73.3 Å². The molecule has 0 saturated carbocycles. The van der Waals surface area contributed by atoms with Gasteiger partial charge in [-0.25, -0.2) is 8.78 Å². The van der Waals surface area contributed by atoms with Gasteiger partial charge in [0, 0.05) is 44.0 Å². The van der Waals surface area contributed by atoms with Crippen molar-refractivity contribution in [3.05, 3.63) is 35.4 Å². The zero-order valence-electron chi connectivity index (χ0n) is 24.4. The number of hydrogen-bond donors (Lipinski definition) is 2. The maximum atomic E-state index is 14.1. The maximum Gasteiger partial charge on any atom is 0.316 e. The first-order valence-electron chi connectivity index (χ1n) is 13.4. The third-order valence-corrected chi connectivity index (χ3v) is 7.21. The summed E-state index contributed by atoms with van der Waals surface area (Å²) in [6.45, 7) is 11.7. The fourth-order valence-corrected chi connectivity index (χ4v) is 4.88. The van der Waals surface area contributed by atoms with E-state index in [0.717, 1.165) is 12.1 Å². The molecular formula is C29H44F2N2O6. The second-order valence-corrected chi connectivity index (χ2v) is 10.7. The molecule has 0 saturated heterocycles. The largest absolute Gasteiger partial charge is 0.465 e. The van der Waals surface area contributed by atoms with Crippen molar-refractivity contribution in [2.45, 2.75) is 85.9 Å². The van der Waals surface area contributed by atoms with E-state index >= 15 is 0 Å². The molecule has 39 heavy (non-hydrogen) atoms. The molecule has 0 bridgehead atoms. The predicted molar refractivity (Wildman–Crippen MR) is 143 cm³/mol. The summed E-state index contributed by atoms with van der Waals surface area (Å²) < 4.78 is 39.1. The number of ketones is 3. The average molecular weight is 555 g/mol. The fourth-order valence-electron chi connectivity index (χ4n) is 4.88. The maximum absolute atomic E-state index is 14.1. The van der Waals surface area contributed by atoms with Crippen molar-refractivity contribution in [1.29, 1.82) is 0 Å². The van der Waals surface area contributed by atoms with Crippen molar-refractivity contribution in [1.82, 2.24) is 10.9 Å². The summed E-state index contributed by atoms with van der Waals surface area (Å²) in [5.41, 5.74) is 4.81. The van der Waals surface area contributed by atoms with Crippen LogP contribution < -0.4 is 10.9 Å². The van der Waals surface area contributed by atoms with Gasteiger partial charge in [-0.15, -0.1) is 0 Å². The highest BCUT2D eigenvalue weighted by atomic mass is 19.1. The van der Waals surface area contributed by atoms with Gasteiger partial charge in [0.15, 0.2) is 5.78 Å². The number of nitrogens with one attached hydrogen (secondary N) is 2. The molecule has 1 rings (SSSR count). The standard InChI is InChI=1S/C29H44F2N2O6/c1-9-13-39-28(37)20(5)26(35)18(3)15-29(7,38-8)14-17(2)25(19(4)27(36)21(6)34)33-32-16-22-23(30)11-10-12-24(22)31/h10-12,17-20,25,32-33H,9,13-16H2,1-8H3. The second kappa shape index (κ2) is 15.9. The van der Waals surface area contributed by atoms with E-state index in [1.54, 1.807) is 13.8 Å². The van der Waals surface area contributed by atoms with Crippen LogP contribution in [0.5, 0.6) is 0 Å². The van der Waals surface area contributed by atoms with E-state index in [0.29, 0.717) is 19.3 Å². The number of carbonyl (C=O) groups is 4. The monoisotopic (exact) mass is 554 g/mol. The van der Waals surface area contributed by atoms with Gasteiger partial charge in [-0.1, -0.05) is 33.8 Å². The summed E-state index contributed by atoms with van der Waals surface area (Å²) in [5, 5.41) is 0. The molecule has 0 spiro atoms. The molecule has 6 atom stereocenters. The lowest BCUT2D eigenvalue weighted by molar-refractivity contribution is -0.153. The molecule has 0 radical (unpaired) electrons. The molecule has 0 fully saturated rings. The molecule has 0 amide bonds. The molecule has 1 aromatic rings. The lowest BCUT2D eigenvalue weighted by atomic mass is 9.77. The highest BCUT2D eigenvalue weighted by molar-refractivity contribution is 6.37. The predicted octanol–water partition coefficient (Wildman–Crippen LogP) is 4.34. The number of ether oxygens (including phenoxy) is 2. The molecule has 0 aliphatic rings. The number of hydrogen-bond acceptors (Lipinski definition) is 8. The third-order valence-electron chi connectivity index (χ3n) is 7.21. The Kier molecular flexibility index (Phi) is 14.0. The zero-order chi connectivity index (χ0) is 29.9. The van der Waals surface area contributed by atoms with Crippen molar-refractivity contribution < 1.29 is 37.4 Å². The molecule has 0 aliphatic carbocycles. The van der Waals surface area contributed by atoms with Crippen LogP contribution in [0.3, 0.4) is 0 Å². The fraction of sp³-hybridized carbons (Fsp3) is 0.655. The minimum absolute atomic E-state index is 0.164. The van der Waals surface area contributed by atoms with Crippen molar-refractivity contribution in [3.63, 3.8) is 0 Å². The second-order valence-electron chi connectivity index (χ2n) is 10.7. The van der Waals surface area contributed by atoms with Gasteiger partial charge in [0.05, 0.1) is 12.2 Å². The Hall–Kier alpha value is -2.56. The number of Topliss-reactive ketones (excluding diaryl/α,β-unsaturated/α-hetero) is 3. The van der Waals surface area contributed by atoms with Crippen LogP contribution in [0.2, 0.25) is 0 Å². The van der Waals surface area contributed by atoms with Gasteiger partial charge in [0.25, 0.3) is 0 Å². The Morgan fingerprint density at radius 3 is 2.13 bits per heavy atom. The molecule has 6 unspecified atom stereocenters. The Morgan fingerprint density at radius 2 is 1.62 bits per heavy atom. The lowest BCUT2D eigenvalue weighted by Gasteiger charge is -2.37. The zero-order valence-corrected chi connectivity index (χ0v) is 24.4. The van der Waals surface area contributed by atoms with Gasteiger partial charge >= 0.3 is 5.97 Å². The van der Waals surface area contributed by atoms with Crippen LogP contribution in [0.25, 0.3) is 0 Å². The molecule has 0 aliphatic heterocycles. The third kappa shape index (κ3) is 10.2. The van der Waals surface area contributed by atoms with E-state index in [2.05, 4.69) is 10.9 Å². The molecule has 1 aromatic carbocycles. The van der Waals surface area contributed by atoms with Gasteiger partial charge < -0.3 is 9.47 Å². The quantitative estimate of drug-likeness (QED) is 0.119. The average Bonchev–Trinajstić information content (AvgIpc) is 2.88. The summed E-state index contributed by atoms with van der Waals surface area (Å²) in [7, 11) is 1.52. The Balaban J connectivity index is 3.03. The van der Waals surface area contributed by atoms with Crippen molar-refractivity contribution in [2.75, 3.05) is 13.7 Å². The van der Waals surface area contributed by atoms with Gasteiger partial charge in [-0.2, -0.15) is 0 Å². The SMILES string of the molecule is CCCOC(=O)C(C)C(=O)C(C)CC(C)(CC(C)C(NNCc1c(F)cccc1F)C(C)C(=O)C(C)=O)OC. The summed E-state index contributed by atoms with van der Waals surface area (Å²) in [6.07, 6.45) is 1.33. The number of methoxy groups -OCH3 is 1. The first-order valence-corrected chi connectivity index (χ1v) is 13.4. The highest BCUT2D eigenvalue weighted by Crippen LogP contribution is 2.32. The van der Waals surface area contributed by atoms with Crippen molar-refractivity contribution >= 4 is 23.3 Å². The topological polar surface area (TPSA) is 111 Å². The minimum Gasteiger partial charge on any atom is -0.465 e. The van der Waals surface area contributed by atoms with Crippen molar-refractivity contribution in [3.8, 4) is 0 Å². The molecule has 8 nitrogen and oxygen atoms in total. The van der Waals surface area contributed by atoms with E-state index in [1.165, 1.54) is 27.0 Å². The minimum atomic E-state index is -0.907. The van der Waals surface area contributed by atoms with Crippen LogP contribution >= 0.6 is 0 Å². The summed E-state index contributed by atoms with van der Waals surface area (Å²) in [6, 6.07) is 2.96. The van der Waals surface area contributed by atoms with Crippen LogP contribution in [-0.4, -0.2) is 48.7 Å². The molecule has 0 heterocycles. The normalized spacial score (nSPS) is 16.9. The Bertz CT molecular complexity index is 984.